The number of nitrogens with zero attached hydrogens (tertiary/aromatic N) is 1. The number of hydrogen-bond acceptors (Lipinski definition) is 5. The van der Waals surface area contributed by atoms with Crippen LogP contribution in [0.4, 0.5) is 0 Å². The van der Waals surface area contributed by atoms with E-state index >= 15 is 0 Å². The number of aromatic amines is 1. The van der Waals surface area contributed by atoms with Gasteiger partial charge in [-0.1, -0.05) is 30.3 Å². The van der Waals surface area contributed by atoms with Crippen molar-refractivity contribution in [3.8, 4) is 0 Å². The van der Waals surface area contributed by atoms with Crippen LogP contribution in [0.2, 0.25) is 0 Å². The number of fused-ring (bicyclic) bond motifs is 1. The van der Waals surface area contributed by atoms with E-state index in [0.717, 1.165) is 0 Å². The maximum Gasteiger partial charge on any atom is 0.348 e. The number of nitrogens with two attached hydrogens (primary N) is 1. The lowest BCUT2D eigenvalue weighted by Crippen LogP contribution is -2.85. The number of aromatic nitrogens is 2. The third-order valence-corrected chi connectivity index (χ3v) is 5.78. The molecule has 0 radical (unpaired) electrons. The fourth-order valence-corrected chi connectivity index (χ4v) is 4.24. The van der Waals surface area contributed by atoms with Crippen LogP contribution in [0.5, 0.6) is 0 Å². The lowest BCUT2D eigenvalue weighted by Gasteiger charge is -2.16. The second-order valence-electron chi connectivity index (χ2n) is 6.59. The molecular formula is C20H24N3O3S+. The summed E-state index contributed by atoms with van der Waals surface area (Å²) in [6.07, 6.45) is 0. The normalized spacial score (nSPS) is 13.5. The van der Waals surface area contributed by atoms with E-state index in [4.69, 9.17) is 4.74 Å². The number of nitrogens with one attached hydrogen (secondary N) is 1. The first-order valence-electron chi connectivity index (χ1n) is 9.02. The van der Waals surface area contributed by atoms with Gasteiger partial charge in [0.25, 0.3) is 5.56 Å². The summed E-state index contributed by atoms with van der Waals surface area (Å²) in [6.45, 7) is 7.95. The van der Waals surface area contributed by atoms with Crippen molar-refractivity contribution in [2.45, 2.75) is 39.8 Å². The van der Waals surface area contributed by atoms with Crippen molar-refractivity contribution >= 4 is 27.5 Å². The molecule has 0 aliphatic rings. The molecule has 0 aliphatic heterocycles. The van der Waals surface area contributed by atoms with Gasteiger partial charge in [0.2, 0.25) is 0 Å². The first-order valence-corrected chi connectivity index (χ1v) is 9.84. The maximum absolute atomic E-state index is 12.6. The number of benzene rings is 1. The Labute approximate surface area is 161 Å². The average molecular weight is 386 g/mol. The summed E-state index contributed by atoms with van der Waals surface area (Å²) in [7, 11) is 0. The SMILES string of the molecule is CCOC(=O)c1sc2nc([C@@H](C)[NH2+][C@H](C)c3ccccc3)[nH]c(=O)c2c1C. The lowest BCUT2D eigenvalue weighted by atomic mass is 10.1. The van der Waals surface area contributed by atoms with Gasteiger partial charge >= 0.3 is 5.97 Å². The van der Waals surface area contributed by atoms with Crippen LogP contribution in [0.25, 0.3) is 10.2 Å². The van der Waals surface area contributed by atoms with Crippen molar-refractivity contribution in [2.75, 3.05) is 6.61 Å². The summed E-state index contributed by atoms with van der Waals surface area (Å²) < 4.78 is 5.08. The molecule has 0 amide bonds. The summed E-state index contributed by atoms with van der Waals surface area (Å²) in [4.78, 5) is 33.3. The number of H-pyrrole nitrogens is 1. The molecule has 0 aliphatic carbocycles. The second kappa shape index (κ2) is 8.02. The first kappa shape index (κ1) is 19.3. The minimum absolute atomic E-state index is 0.0363. The van der Waals surface area contributed by atoms with Gasteiger partial charge in [-0.2, -0.15) is 0 Å². The lowest BCUT2D eigenvalue weighted by molar-refractivity contribution is -0.729. The van der Waals surface area contributed by atoms with Crippen LogP contribution in [0.15, 0.2) is 35.1 Å². The number of thiophene rings is 1. The fraction of sp³-hybridized carbons (Fsp3) is 0.350. The molecule has 3 N–H and O–H groups in total. The number of hydrogen-bond donors (Lipinski definition) is 2. The monoisotopic (exact) mass is 386 g/mol. The van der Waals surface area contributed by atoms with Gasteiger partial charge in [0.1, 0.15) is 21.8 Å². The van der Waals surface area contributed by atoms with Crippen LogP contribution in [0.1, 0.15) is 59.5 Å². The van der Waals surface area contributed by atoms with Crippen LogP contribution in [0, 0.1) is 6.92 Å². The topological polar surface area (TPSA) is 88.7 Å². The van der Waals surface area contributed by atoms with Crippen LogP contribution < -0.4 is 10.9 Å². The molecule has 0 fully saturated rings. The predicted octanol–water partition coefficient (Wildman–Crippen LogP) is 2.86. The summed E-state index contributed by atoms with van der Waals surface area (Å²) in [5.41, 5.74) is 1.62. The fourth-order valence-electron chi connectivity index (χ4n) is 3.16. The summed E-state index contributed by atoms with van der Waals surface area (Å²) in [6, 6.07) is 10.4. The Bertz CT molecular complexity index is 1010. The average Bonchev–Trinajstić information content (AvgIpc) is 2.99. The Morgan fingerprint density at radius 3 is 2.63 bits per heavy atom. The van der Waals surface area contributed by atoms with Crippen molar-refractivity contribution in [1.82, 2.24) is 9.97 Å². The Morgan fingerprint density at radius 1 is 1.26 bits per heavy atom. The molecule has 6 nitrogen and oxygen atoms in total. The van der Waals surface area contributed by atoms with Crippen LogP contribution in [0.3, 0.4) is 0 Å². The zero-order valence-corrected chi connectivity index (χ0v) is 16.7. The van der Waals surface area contributed by atoms with E-state index in [1.54, 1.807) is 13.8 Å². The van der Waals surface area contributed by atoms with Gasteiger partial charge in [0.05, 0.1) is 12.0 Å². The molecule has 0 spiro atoms. The predicted molar refractivity (Wildman–Crippen MR) is 106 cm³/mol. The number of carbonyl (C=O) groups excluding carboxylic acids is 1. The zero-order chi connectivity index (χ0) is 19.6. The molecule has 3 aromatic rings. The minimum atomic E-state index is -0.406. The van der Waals surface area contributed by atoms with Gasteiger partial charge < -0.3 is 15.0 Å². The molecule has 0 saturated heterocycles. The molecule has 2 heterocycles. The van der Waals surface area contributed by atoms with E-state index in [1.165, 1.54) is 16.9 Å². The number of carbonyl (C=O) groups is 1. The van der Waals surface area contributed by atoms with Crippen molar-refractivity contribution in [3.05, 3.63) is 62.5 Å². The molecule has 0 saturated carbocycles. The van der Waals surface area contributed by atoms with Gasteiger partial charge in [-0.05, 0) is 33.3 Å². The van der Waals surface area contributed by atoms with Crippen LogP contribution >= 0.6 is 11.3 Å². The number of quaternary nitrogens is 1. The van der Waals surface area contributed by atoms with Gasteiger partial charge in [0, 0.05) is 5.56 Å². The van der Waals surface area contributed by atoms with Crippen LogP contribution in [-0.4, -0.2) is 22.5 Å². The highest BCUT2D eigenvalue weighted by molar-refractivity contribution is 7.20. The summed E-state index contributed by atoms with van der Waals surface area (Å²) in [5, 5.41) is 2.63. The molecule has 2 aromatic heterocycles. The van der Waals surface area contributed by atoms with Crippen molar-refractivity contribution in [2.24, 2.45) is 0 Å². The Kier molecular flexibility index (Phi) is 5.72. The van der Waals surface area contributed by atoms with E-state index < -0.39 is 5.97 Å². The standard InChI is InChI=1S/C20H23N3O3S/c1-5-26-20(25)16-11(2)15-18(24)22-17(23-19(15)27-16)13(4)21-12(3)14-9-7-6-8-10-14/h6-10,12-13,21H,5H2,1-4H3,(H,22,23,24)/p+1/t12-,13-/m1/s1. The third kappa shape index (κ3) is 3.94. The minimum Gasteiger partial charge on any atom is -0.462 e. The van der Waals surface area contributed by atoms with E-state index in [-0.39, 0.29) is 17.6 Å². The molecule has 0 bridgehead atoms. The molecule has 2 atom stereocenters. The Balaban J connectivity index is 1.91. The van der Waals surface area contributed by atoms with Crippen molar-refractivity contribution in [3.63, 3.8) is 0 Å². The number of ether oxygens (including phenoxy) is 1. The van der Waals surface area contributed by atoms with E-state index in [2.05, 4.69) is 34.3 Å². The number of aryl methyl sites for hydroxylation is 1. The largest absolute Gasteiger partial charge is 0.462 e. The molecule has 1 aromatic carbocycles. The zero-order valence-electron chi connectivity index (χ0n) is 15.9. The Morgan fingerprint density at radius 2 is 1.96 bits per heavy atom. The van der Waals surface area contributed by atoms with Crippen molar-refractivity contribution in [1.29, 1.82) is 0 Å². The molecule has 0 unspecified atom stereocenters. The maximum atomic E-state index is 12.6. The first-order chi connectivity index (χ1) is 12.9. The highest BCUT2D eigenvalue weighted by atomic mass is 32.1. The van der Waals surface area contributed by atoms with Gasteiger partial charge in [-0.15, -0.1) is 11.3 Å². The van der Waals surface area contributed by atoms with E-state index in [9.17, 15) is 9.59 Å². The quantitative estimate of drug-likeness (QED) is 0.638. The van der Waals surface area contributed by atoms with Crippen molar-refractivity contribution < 1.29 is 14.8 Å². The molecule has 3 rings (SSSR count). The Hall–Kier alpha value is -2.51. The summed E-state index contributed by atoms with van der Waals surface area (Å²) in [5.74, 6) is 0.197. The summed E-state index contributed by atoms with van der Waals surface area (Å²) >= 11 is 1.21. The smallest absolute Gasteiger partial charge is 0.348 e. The van der Waals surface area contributed by atoms with E-state index in [1.807, 2.05) is 25.1 Å². The van der Waals surface area contributed by atoms with Gasteiger partial charge in [-0.25, -0.2) is 9.78 Å². The third-order valence-electron chi connectivity index (χ3n) is 4.61. The molecule has 7 heteroatoms. The second-order valence-corrected chi connectivity index (χ2v) is 7.59. The highest BCUT2D eigenvalue weighted by Crippen LogP contribution is 2.28. The molecule has 142 valence electrons. The molecular weight excluding hydrogens is 362 g/mol. The number of rotatable bonds is 6. The van der Waals surface area contributed by atoms with Crippen LogP contribution in [-0.2, 0) is 4.74 Å². The number of esters is 1. The van der Waals surface area contributed by atoms with Gasteiger partial charge in [0.15, 0.2) is 5.82 Å². The van der Waals surface area contributed by atoms with Gasteiger partial charge in [-0.3, -0.25) is 4.79 Å². The molecule has 27 heavy (non-hydrogen) atoms. The van der Waals surface area contributed by atoms with E-state index in [0.29, 0.717) is 33.1 Å². The highest BCUT2D eigenvalue weighted by Gasteiger charge is 2.23.